The molecule has 0 radical (unpaired) electrons. The van der Waals surface area contributed by atoms with Crippen molar-refractivity contribution in [2.24, 2.45) is 0 Å². The quantitative estimate of drug-likeness (QED) is 0.564. The van der Waals surface area contributed by atoms with Crippen LogP contribution in [0.5, 0.6) is 5.75 Å². The number of aromatic nitrogens is 1. The number of hydrogen-bond acceptors (Lipinski definition) is 7. The summed E-state index contributed by atoms with van der Waals surface area (Å²) in [5, 5.41) is 6.61. The van der Waals surface area contributed by atoms with Crippen LogP contribution >= 0.6 is 22.7 Å². The molecule has 1 aliphatic heterocycles. The molecule has 4 rings (SSSR count). The summed E-state index contributed by atoms with van der Waals surface area (Å²) in [5.41, 5.74) is 1.53. The zero-order valence-corrected chi connectivity index (χ0v) is 18.8. The molecule has 0 aliphatic carbocycles. The minimum Gasteiger partial charge on any atom is -0.493 e. The summed E-state index contributed by atoms with van der Waals surface area (Å²) in [5.74, 6) is 0.252. The van der Waals surface area contributed by atoms with E-state index in [0.717, 1.165) is 35.5 Å². The third-order valence-electron chi connectivity index (χ3n) is 4.71. The van der Waals surface area contributed by atoms with E-state index < -0.39 is 15.9 Å². The molecule has 1 amide bonds. The van der Waals surface area contributed by atoms with Gasteiger partial charge in [0.1, 0.15) is 15.5 Å². The van der Waals surface area contributed by atoms with Crippen LogP contribution in [0.2, 0.25) is 0 Å². The SMILES string of the molecule is CCOc1ccccc1-c1csc(NC(=O)c2sccc2S(=O)(=O)N2CCCC2)n1. The molecule has 0 atom stereocenters. The second-order valence-electron chi connectivity index (χ2n) is 6.65. The first-order valence-corrected chi connectivity index (χ1v) is 12.8. The highest BCUT2D eigenvalue weighted by Gasteiger charge is 2.32. The molecule has 3 aromatic rings. The second kappa shape index (κ2) is 8.84. The van der Waals surface area contributed by atoms with Gasteiger partial charge in [-0.2, -0.15) is 4.31 Å². The van der Waals surface area contributed by atoms with Crippen molar-refractivity contribution in [3.63, 3.8) is 0 Å². The molecule has 1 saturated heterocycles. The van der Waals surface area contributed by atoms with Crippen molar-refractivity contribution in [1.29, 1.82) is 0 Å². The predicted octanol–water partition coefficient (Wildman–Crippen LogP) is 4.31. The standard InChI is InChI=1S/C20H21N3O4S3/c1-2-27-16-8-4-3-7-14(16)15-13-29-20(21-15)22-19(24)18-17(9-12-28-18)30(25,26)23-10-5-6-11-23/h3-4,7-9,12-13H,2,5-6,10-11H2,1H3,(H,21,22,24). The van der Waals surface area contributed by atoms with Gasteiger partial charge in [0.15, 0.2) is 5.13 Å². The van der Waals surface area contributed by atoms with E-state index in [4.69, 9.17) is 4.74 Å². The number of rotatable bonds is 7. The molecule has 0 bridgehead atoms. The Kier molecular flexibility index (Phi) is 6.19. The molecule has 1 fully saturated rings. The van der Waals surface area contributed by atoms with Crippen LogP contribution in [0.15, 0.2) is 46.0 Å². The lowest BCUT2D eigenvalue weighted by Gasteiger charge is -2.15. The lowest BCUT2D eigenvalue weighted by Crippen LogP contribution is -2.29. The Morgan fingerprint density at radius 3 is 2.73 bits per heavy atom. The molecule has 2 aromatic heterocycles. The zero-order chi connectivity index (χ0) is 21.1. The number of anilines is 1. The average molecular weight is 464 g/mol. The first-order chi connectivity index (χ1) is 14.5. The van der Waals surface area contributed by atoms with Crippen molar-refractivity contribution in [3.05, 3.63) is 46.0 Å². The number of carbonyl (C=O) groups is 1. The number of thiophene rings is 1. The maximum atomic E-state index is 12.9. The molecule has 7 nitrogen and oxygen atoms in total. The Morgan fingerprint density at radius 1 is 1.20 bits per heavy atom. The zero-order valence-electron chi connectivity index (χ0n) is 16.3. The van der Waals surface area contributed by atoms with E-state index in [1.54, 1.807) is 5.38 Å². The van der Waals surface area contributed by atoms with E-state index in [1.165, 1.54) is 21.7 Å². The molecular weight excluding hydrogens is 442 g/mol. The summed E-state index contributed by atoms with van der Waals surface area (Å²) in [6.45, 7) is 3.44. The van der Waals surface area contributed by atoms with E-state index in [2.05, 4.69) is 10.3 Å². The monoisotopic (exact) mass is 463 g/mol. The summed E-state index contributed by atoms with van der Waals surface area (Å²) < 4.78 is 32.9. The summed E-state index contributed by atoms with van der Waals surface area (Å²) in [4.78, 5) is 17.6. The molecule has 0 spiro atoms. The number of para-hydroxylation sites is 1. The molecule has 158 valence electrons. The molecule has 1 aromatic carbocycles. The normalized spacial score (nSPS) is 14.7. The third-order valence-corrected chi connectivity index (χ3v) is 8.45. The van der Waals surface area contributed by atoms with E-state index >= 15 is 0 Å². The summed E-state index contributed by atoms with van der Waals surface area (Å²) in [6, 6.07) is 9.07. The number of ether oxygens (including phenoxy) is 1. The highest BCUT2D eigenvalue weighted by Crippen LogP contribution is 2.33. The van der Waals surface area contributed by atoms with Crippen LogP contribution in [0, 0.1) is 0 Å². The average Bonchev–Trinajstić information content (AvgIpc) is 3.49. The van der Waals surface area contributed by atoms with Gasteiger partial charge < -0.3 is 4.74 Å². The molecule has 1 N–H and O–H groups in total. The number of benzene rings is 1. The number of nitrogens with zero attached hydrogens (tertiary/aromatic N) is 2. The van der Waals surface area contributed by atoms with Gasteiger partial charge in [0, 0.05) is 24.0 Å². The van der Waals surface area contributed by atoms with Crippen LogP contribution < -0.4 is 10.1 Å². The molecule has 30 heavy (non-hydrogen) atoms. The number of sulfonamides is 1. The molecule has 0 unspecified atom stereocenters. The molecule has 3 heterocycles. The van der Waals surface area contributed by atoms with Gasteiger partial charge in [-0.05, 0) is 43.3 Å². The Hall–Kier alpha value is -2.27. The maximum Gasteiger partial charge on any atom is 0.268 e. The fourth-order valence-electron chi connectivity index (χ4n) is 3.30. The fraction of sp³-hybridized carbons (Fsp3) is 0.300. The van der Waals surface area contributed by atoms with E-state index in [-0.39, 0.29) is 9.77 Å². The largest absolute Gasteiger partial charge is 0.493 e. The fourth-order valence-corrected chi connectivity index (χ4v) is 6.82. The molecule has 10 heteroatoms. The van der Waals surface area contributed by atoms with Crippen LogP contribution in [0.25, 0.3) is 11.3 Å². The number of thiazole rings is 1. The van der Waals surface area contributed by atoms with Gasteiger partial charge in [0.05, 0.1) is 12.3 Å². The number of amides is 1. The van der Waals surface area contributed by atoms with E-state index in [0.29, 0.717) is 30.5 Å². The lowest BCUT2D eigenvalue weighted by atomic mass is 10.1. The predicted molar refractivity (Wildman–Crippen MR) is 119 cm³/mol. The highest BCUT2D eigenvalue weighted by atomic mass is 32.2. The smallest absolute Gasteiger partial charge is 0.268 e. The van der Waals surface area contributed by atoms with Crippen molar-refractivity contribution in [2.75, 3.05) is 25.0 Å². The van der Waals surface area contributed by atoms with Crippen LogP contribution in [0.4, 0.5) is 5.13 Å². The summed E-state index contributed by atoms with van der Waals surface area (Å²) in [6.07, 6.45) is 1.69. The number of nitrogens with one attached hydrogen (secondary N) is 1. The van der Waals surface area contributed by atoms with Crippen LogP contribution in [-0.2, 0) is 10.0 Å². The van der Waals surface area contributed by atoms with Crippen molar-refractivity contribution in [1.82, 2.24) is 9.29 Å². The van der Waals surface area contributed by atoms with Gasteiger partial charge >= 0.3 is 0 Å². The van der Waals surface area contributed by atoms with Gasteiger partial charge in [0.25, 0.3) is 5.91 Å². The van der Waals surface area contributed by atoms with Gasteiger partial charge in [-0.1, -0.05) is 12.1 Å². The minimum atomic E-state index is -3.66. The molecular formula is C20H21N3O4S3. The second-order valence-corrected chi connectivity index (χ2v) is 10.3. The van der Waals surface area contributed by atoms with Crippen molar-refractivity contribution in [2.45, 2.75) is 24.7 Å². The third kappa shape index (κ3) is 4.13. The Labute approximate surface area is 183 Å². The van der Waals surface area contributed by atoms with Crippen molar-refractivity contribution in [3.8, 4) is 17.0 Å². The van der Waals surface area contributed by atoms with Gasteiger partial charge in [-0.15, -0.1) is 22.7 Å². The van der Waals surface area contributed by atoms with Gasteiger partial charge in [-0.3, -0.25) is 10.1 Å². The van der Waals surface area contributed by atoms with Crippen molar-refractivity contribution < 1.29 is 17.9 Å². The van der Waals surface area contributed by atoms with Crippen LogP contribution in [0.1, 0.15) is 29.4 Å². The van der Waals surface area contributed by atoms with Crippen molar-refractivity contribution >= 4 is 43.7 Å². The maximum absolute atomic E-state index is 12.9. The van der Waals surface area contributed by atoms with Gasteiger partial charge in [0.2, 0.25) is 10.0 Å². The first kappa shape index (κ1) is 21.0. The van der Waals surface area contributed by atoms with E-state index in [9.17, 15) is 13.2 Å². The lowest BCUT2D eigenvalue weighted by molar-refractivity contribution is 0.102. The number of hydrogen-bond donors (Lipinski definition) is 1. The Balaban J connectivity index is 1.55. The summed E-state index contributed by atoms with van der Waals surface area (Å²) in [7, 11) is -3.66. The number of carbonyl (C=O) groups excluding carboxylic acids is 1. The topological polar surface area (TPSA) is 88.6 Å². The van der Waals surface area contributed by atoms with Crippen LogP contribution in [0.3, 0.4) is 0 Å². The molecule has 0 saturated carbocycles. The first-order valence-electron chi connectivity index (χ1n) is 9.57. The van der Waals surface area contributed by atoms with Crippen LogP contribution in [-0.4, -0.2) is 43.3 Å². The Morgan fingerprint density at radius 2 is 1.97 bits per heavy atom. The molecule has 1 aliphatic rings. The minimum absolute atomic E-state index is 0.0605. The highest BCUT2D eigenvalue weighted by molar-refractivity contribution is 7.89. The van der Waals surface area contributed by atoms with Gasteiger partial charge in [-0.25, -0.2) is 13.4 Å². The Bertz CT molecular complexity index is 1150. The summed E-state index contributed by atoms with van der Waals surface area (Å²) >= 11 is 2.40. The van der Waals surface area contributed by atoms with E-state index in [1.807, 2.05) is 36.6 Å².